The highest BCUT2D eigenvalue weighted by Crippen LogP contribution is 2.18. The van der Waals surface area contributed by atoms with Gasteiger partial charge in [-0.25, -0.2) is 4.39 Å². The van der Waals surface area contributed by atoms with Gasteiger partial charge < -0.3 is 9.64 Å². The maximum absolute atomic E-state index is 12.8. The molecule has 0 spiro atoms. The Morgan fingerprint density at radius 3 is 2.50 bits per heavy atom. The molecule has 0 unspecified atom stereocenters. The molecule has 0 radical (unpaired) electrons. The van der Waals surface area contributed by atoms with Crippen LogP contribution in [0, 0.1) is 5.82 Å². The van der Waals surface area contributed by atoms with Crippen LogP contribution < -0.4 is 0 Å². The first kappa shape index (κ1) is 16.2. The molecule has 4 nitrogen and oxygen atoms in total. The molecular weight excluding hydrogens is 309 g/mol. The quantitative estimate of drug-likeness (QED) is 0.811. The van der Waals surface area contributed by atoms with Crippen LogP contribution in [0.25, 0.3) is 0 Å². The van der Waals surface area contributed by atoms with Gasteiger partial charge >= 0.3 is 5.97 Å². The second-order valence-electron chi connectivity index (χ2n) is 5.80. The van der Waals surface area contributed by atoms with Crippen LogP contribution in [0.5, 0.6) is 0 Å². The molecule has 0 aromatic heterocycles. The van der Waals surface area contributed by atoms with Crippen LogP contribution in [0.1, 0.15) is 16.7 Å². The Hall–Kier alpha value is -2.69. The molecule has 1 aliphatic rings. The maximum Gasteiger partial charge on any atom is 0.310 e. The lowest BCUT2D eigenvalue weighted by molar-refractivity contribution is -0.151. The third-order valence-corrected chi connectivity index (χ3v) is 4.10. The van der Waals surface area contributed by atoms with E-state index in [1.165, 1.54) is 29.8 Å². The SMILES string of the molecule is O=C(Cc1ccc(F)cc1)OCC(=O)N1CCc2ccccc2C1. The van der Waals surface area contributed by atoms with E-state index >= 15 is 0 Å². The summed E-state index contributed by atoms with van der Waals surface area (Å²) >= 11 is 0. The number of carbonyl (C=O) groups is 2. The van der Waals surface area contributed by atoms with Gasteiger partial charge in [-0.15, -0.1) is 0 Å². The Morgan fingerprint density at radius 1 is 1.04 bits per heavy atom. The smallest absolute Gasteiger partial charge is 0.310 e. The van der Waals surface area contributed by atoms with Crippen LogP contribution in [-0.4, -0.2) is 29.9 Å². The van der Waals surface area contributed by atoms with Gasteiger partial charge in [0, 0.05) is 13.1 Å². The molecule has 2 aromatic carbocycles. The predicted molar refractivity (Wildman–Crippen MR) is 86.6 cm³/mol. The van der Waals surface area contributed by atoms with E-state index in [-0.39, 0.29) is 24.8 Å². The van der Waals surface area contributed by atoms with E-state index in [1.54, 1.807) is 4.90 Å². The summed E-state index contributed by atoms with van der Waals surface area (Å²) in [6.07, 6.45) is 0.835. The molecule has 0 atom stereocenters. The Kier molecular flexibility index (Phi) is 4.89. The molecule has 0 N–H and O–H groups in total. The second kappa shape index (κ2) is 7.25. The highest BCUT2D eigenvalue weighted by molar-refractivity contribution is 5.81. The molecule has 1 heterocycles. The minimum Gasteiger partial charge on any atom is -0.455 e. The van der Waals surface area contributed by atoms with E-state index in [9.17, 15) is 14.0 Å². The molecule has 1 amide bonds. The number of benzene rings is 2. The summed E-state index contributed by atoms with van der Waals surface area (Å²) < 4.78 is 17.9. The summed E-state index contributed by atoms with van der Waals surface area (Å²) in [5.41, 5.74) is 3.05. The lowest BCUT2D eigenvalue weighted by atomic mass is 10.00. The first-order chi connectivity index (χ1) is 11.6. The fraction of sp³-hybridized carbons (Fsp3) is 0.263. The number of amides is 1. The van der Waals surface area contributed by atoms with Gasteiger partial charge in [0.05, 0.1) is 6.42 Å². The minimum atomic E-state index is -0.493. The van der Waals surface area contributed by atoms with Crippen molar-refractivity contribution in [2.24, 2.45) is 0 Å². The van der Waals surface area contributed by atoms with Gasteiger partial charge in [-0.1, -0.05) is 36.4 Å². The molecule has 24 heavy (non-hydrogen) atoms. The largest absolute Gasteiger partial charge is 0.455 e. The van der Waals surface area contributed by atoms with Crippen molar-refractivity contribution in [2.45, 2.75) is 19.4 Å². The van der Waals surface area contributed by atoms with Crippen LogP contribution in [0.4, 0.5) is 4.39 Å². The minimum absolute atomic E-state index is 0.0242. The van der Waals surface area contributed by atoms with Crippen LogP contribution in [-0.2, 0) is 33.7 Å². The molecule has 1 aliphatic heterocycles. The maximum atomic E-state index is 12.8. The summed E-state index contributed by atoms with van der Waals surface area (Å²) in [6.45, 7) is 0.915. The average molecular weight is 327 g/mol. The average Bonchev–Trinajstić information content (AvgIpc) is 2.61. The summed E-state index contributed by atoms with van der Waals surface area (Å²) in [5.74, 6) is -1.04. The normalized spacial score (nSPS) is 13.3. The van der Waals surface area contributed by atoms with E-state index in [0.29, 0.717) is 18.7 Å². The van der Waals surface area contributed by atoms with Gasteiger partial charge in [-0.2, -0.15) is 0 Å². The first-order valence-electron chi connectivity index (χ1n) is 7.86. The van der Waals surface area contributed by atoms with Gasteiger partial charge in [0.15, 0.2) is 6.61 Å². The zero-order valence-corrected chi connectivity index (χ0v) is 13.2. The van der Waals surface area contributed by atoms with E-state index in [2.05, 4.69) is 6.07 Å². The number of hydrogen-bond acceptors (Lipinski definition) is 3. The van der Waals surface area contributed by atoms with Crippen molar-refractivity contribution in [3.05, 3.63) is 71.0 Å². The van der Waals surface area contributed by atoms with Crippen molar-refractivity contribution in [3.8, 4) is 0 Å². The fourth-order valence-corrected chi connectivity index (χ4v) is 2.76. The van der Waals surface area contributed by atoms with Crippen molar-refractivity contribution in [1.82, 2.24) is 4.90 Å². The standard InChI is InChI=1S/C19H18FNO3/c20-17-7-5-14(6-8-17)11-19(23)24-13-18(22)21-10-9-15-3-1-2-4-16(15)12-21/h1-8H,9-13H2. The number of halogens is 1. The van der Waals surface area contributed by atoms with E-state index in [4.69, 9.17) is 4.74 Å². The summed E-state index contributed by atoms with van der Waals surface area (Å²) in [4.78, 5) is 25.7. The molecular formula is C19H18FNO3. The monoisotopic (exact) mass is 327 g/mol. The zero-order valence-electron chi connectivity index (χ0n) is 13.2. The van der Waals surface area contributed by atoms with E-state index in [0.717, 1.165) is 12.0 Å². The van der Waals surface area contributed by atoms with Gasteiger partial charge in [0.2, 0.25) is 0 Å². The summed E-state index contributed by atoms with van der Waals surface area (Å²) in [5, 5.41) is 0. The molecule has 0 bridgehead atoms. The number of hydrogen-bond donors (Lipinski definition) is 0. The highest BCUT2D eigenvalue weighted by atomic mass is 19.1. The van der Waals surface area contributed by atoms with Crippen molar-refractivity contribution in [3.63, 3.8) is 0 Å². The van der Waals surface area contributed by atoms with Gasteiger partial charge in [0.1, 0.15) is 5.82 Å². The molecule has 2 aromatic rings. The lowest BCUT2D eigenvalue weighted by Crippen LogP contribution is -2.38. The Bertz CT molecular complexity index is 743. The Labute approximate surface area is 139 Å². The second-order valence-corrected chi connectivity index (χ2v) is 5.80. The topological polar surface area (TPSA) is 46.6 Å². The van der Waals surface area contributed by atoms with Crippen molar-refractivity contribution >= 4 is 11.9 Å². The lowest BCUT2D eigenvalue weighted by Gasteiger charge is -2.28. The van der Waals surface area contributed by atoms with Gasteiger partial charge in [0.25, 0.3) is 5.91 Å². The number of fused-ring (bicyclic) bond motifs is 1. The predicted octanol–water partition coefficient (Wildman–Crippen LogP) is 2.50. The van der Waals surface area contributed by atoms with E-state index < -0.39 is 5.97 Å². The number of carbonyl (C=O) groups excluding carboxylic acids is 2. The van der Waals surface area contributed by atoms with Crippen LogP contribution in [0.3, 0.4) is 0 Å². The summed E-state index contributed by atoms with van der Waals surface area (Å²) in [6, 6.07) is 13.7. The molecule has 0 aliphatic carbocycles. The third-order valence-electron chi connectivity index (χ3n) is 4.10. The first-order valence-corrected chi connectivity index (χ1v) is 7.86. The number of esters is 1. The van der Waals surface area contributed by atoms with Crippen molar-refractivity contribution < 1.29 is 18.7 Å². The molecule has 0 saturated carbocycles. The van der Waals surface area contributed by atoms with Crippen LogP contribution in [0.2, 0.25) is 0 Å². The number of nitrogens with zero attached hydrogens (tertiary/aromatic N) is 1. The van der Waals surface area contributed by atoms with Crippen LogP contribution >= 0.6 is 0 Å². The summed E-state index contributed by atoms with van der Waals surface area (Å²) in [7, 11) is 0. The van der Waals surface area contributed by atoms with Gasteiger partial charge in [-0.3, -0.25) is 9.59 Å². The van der Waals surface area contributed by atoms with Crippen LogP contribution in [0.15, 0.2) is 48.5 Å². The number of rotatable bonds is 4. The van der Waals surface area contributed by atoms with E-state index in [1.807, 2.05) is 18.2 Å². The molecule has 5 heteroatoms. The number of ether oxygens (including phenoxy) is 1. The highest BCUT2D eigenvalue weighted by Gasteiger charge is 2.21. The molecule has 0 saturated heterocycles. The molecule has 124 valence electrons. The van der Waals surface area contributed by atoms with Gasteiger partial charge in [-0.05, 0) is 35.2 Å². The molecule has 3 rings (SSSR count). The Balaban J connectivity index is 1.49. The van der Waals surface area contributed by atoms with Crippen molar-refractivity contribution in [2.75, 3.05) is 13.2 Å². The molecule has 0 fully saturated rings. The third kappa shape index (κ3) is 3.98. The van der Waals surface area contributed by atoms with Crippen molar-refractivity contribution in [1.29, 1.82) is 0 Å². The fourth-order valence-electron chi connectivity index (χ4n) is 2.76. The Morgan fingerprint density at radius 2 is 1.75 bits per heavy atom. The zero-order chi connectivity index (χ0) is 16.9.